The molecule has 0 atom stereocenters. The van der Waals surface area contributed by atoms with Gasteiger partial charge in [0.25, 0.3) is 0 Å². The zero-order valence-corrected chi connectivity index (χ0v) is 10.8. The Bertz CT molecular complexity index is 612. The van der Waals surface area contributed by atoms with Crippen LogP contribution in [0.5, 0.6) is 0 Å². The fourth-order valence-electron chi connectivity index (χ4n) is 1.64. The molecule has 0 saturated heterocycles. The van der Waals surface area contributed by atoms with E-state index in [0.29, 0.717) is 12.6 Å². The second-order valence-corrected chi connectivity index (χ2v) is 4.45. The first-order valence-corrected chi connectivity index (χ1v) is 5.95. The lowest BCUT2D eigenvalue weighted by Crippen LogP contribution is -2.23. The molecule has 0 fully saturated rings. The summed E-state index contributed by atoms with van der Waals surface area (Å²) in [4.78, 5) is 0. The largest absolute Gasteiger partial charge is 0.309 e. The number of halogens is 1. The van der Waals surface area contributed by atoms with Crippen molar-refractivity contribution in [3.05, 3.63) is 41.5 Å². The molecule has 0 radical (unpaired) electrons. The van der Waals surface area contributed by atoms with Crippen LogP contribution in [0.2, 0.25) is 0 Å². The zero-order valence-electron chi connectivity index (χ0n) is 10.8. The van der Waals surface area contributed by atoms with Crippen molar-refractivity contribution in [2.45, 2.75) is 26.4 Å². The highest BCUT2D eigenvalue weighted by atomic mass is 19.1. The van der Waals surface area contributed by atoms with Gasteiger partial charge in [-0.15, -0.1) is 5.10 Å². The molecule has 0 aliphatic carbocycles. The Labute approximate surface area is 110 Å². The second-order valence-electron chi connectivity index (χ2n) is 4.45. The summed E-state index contributed by atoms with van der Waals surface area (Å²) in [6, 6.07) is 6.49. The van der Waals surface area contributed by atoms with Crippen LogP contribution in [-0.2, 0) is 6.54 Å². The zero-order chi connectivity index (χ0) is 13.8. The van der Waals surface area contributed by atoms with Crippen LogP contribution < -0.4 is 5.32 Å². The lowest BCUT2D eigenvalue weighted by Gasteiger charge is -2.10. The average molecular weight is 259 g/mol. The van der Waals surface area contributed by atoms with Gasteiger partial charge in [-0.05, 0) is 18.2 Å². The van der Waals surface area contributed by atoms with E-state index in [2.05, 4.69) is 15.6 Å². The fourth-order valence-corrected chi connectivity index (χ4v) is 1.64. The van der Waals surface area contributed by atoms with E-state index in [4.69, 9.17) is 5.26 Å². The summed E-state index contributed by atoms with van der Waals surface area (Å²) in [5.41, 5.74) is 1.33. The van der Waals surface area contributed by atoms with Crippen molar-refractivity contribution < 1.29 is 4.39 Å². The van der Waals surface area contributed by atoms with Gasteiger partial charge in [-0.1, -0.05) is 19.1 Å². The molecule has 1 aromatic heterocycles. The smallest absolute Gasteiger partial charge is 0.150 e. The number of aromatic nitrogens is 3. The van der Waals surface area contributed by atoms with Gasteiger partial charge >= 0.3 is 0 Å². The molecule has 0 spiro atoms. The van der Waals surface area contributed by atoms with Crippen LogP contribution in [-0.4, -0.2) is 21.0 Å². The van der Waals surface area contributed by atoms with E-state index in [1.54, 1.807) is 12.3 Å². The predicted octanol–water partition coefficient (Wildman–Crippen LogP) is 1.78. The molecular formula is C13H14FN5. The number of nitrogens with zero attached hydrogens (tertiary/aromatic N) is 4. The molecule has 0 amide bonds. The first-order valence-electron chi connectivity index (χ1n) is 5.95. The van der Waals surface area contributed by atoms with Crippen LogP contribution in [0, 0.1) is 17.1 Å². The number of hydrogen-bond acceptors (Lipinski definition) is 4. The van der Waals surface area contributed by atoms with Gasteiger partial charge in [0.15, 0.2) is 0 Å². The lowest BCUT2D eigenvalue weighted by atomic mass is 10.2. The molecule has 2 aromatic rings. The Morgan fingerprint density at radius 3 is 2.89 bits per heavy atom. The Morgan fingerprint density at radius 2 is 2.26 bits per heavy atom. The third kappa shape index (κ3) is 2.95. The van der Waals surface area contributed by atoms with Gasteiger partial charge in [0.1, 0.15) is 11.5 Å². The number of nitriles is 1. The number of rotatable bonds is 4. The summed E-state index contributed by atoms with van der Waals surface area (Å²) in [6.45, 7) is 4.59. The maximum atomic E-state index is 13.9. The first-order chi connectivity index (χ1) is 9.11. The lowest BCUT2D eigenvalue weighted by molar-refractivity contribution is 0.560. The minimum Gasteiger partial charge on any atom is -0.309 e. The molecule has 98 valence electrons. The quantitative estimate of drug-likeness (QED) is 0.908. The molecule has 0 unspecified atom stereocenters. The van der Waals surface area contributed by atoms with Gasteiger partial charge < -0.3 is 5.32 Å². The Kier molecular flexibility index (Phi) is 3.88. The van der Waals surface area contributed by atoms with E-state index in [9.17, 15) is 4.39 Å². The SMILES string of the molecule is CC(C)NCc1cnnn1-c1ccc(C#N)cc1F. The van der Waals surface area contributed by atoms with E-state index in [1.807, 2.05) is 19.9 Å². The van der Waals surface area contributed by atoms with E-state index in [-0.39, 0.29) is 11.3 Å². The summed E-state index contributed by atoms with van der Waals surface area (Å²) in [5, 5.41) is 19.6. The molecule has 0 aliphatic heterocycles. The standard InChI is InChI=1S/C13H14FN5/c1-9(2)16-7-11-8-17-18-19(11)13-4-3-10(6-15)5-12(13)14/h3-5,8-9,16H,7H2,1-2H3. The Morgan fingerprint density at radius 1 is 1.47 bits per heavy atom. The van der Waals surface area contributed by atoms with Crippen molar-refractivity contribution >= 4 is 0 Å². The highest BCUT2D eigenvalue weighted by Gasteiger charge is 2.11. The maximum absolute atomic E-state index is 13.9. The minimum atomic E-state index is -0.490. The number of benzene rings is 1. The molecule has 0 aliphatic rings. The van der Waals surface area contributed by atoms with Crippen molar-refractivity contribution in [3.8, 4) is 11.8 Å². The van der Waals surface area contributed by atoms with E-state index >= 15 is 0 Å². The molecular weight excluding hydrogens is 245 g/mol. The first kappa shape index (κ1) is 13.2. The van der Waals surface area contributed by atoms with Crippen molar-refractivity contribution in [1.29, 1.82) is 5.26 Å². The Balaban J connectivity index is 2.32. The molecule has 2 rings (SSSR count). The average Bonchev–Trinajstić information content (AvgIpc) is 2.84. The van der Waals surface area contributed by atoms with Crippen LogP contribution in [0.3, 0.4) is 0 Å². The van der Waals surface area contributed by atoms with Gasteiger partial charge in [-0.3, -0.25) is 0 Å². The molecule has 0 bridgehead atoms. The van der Waals surface area contributed by atoms with Gasteiger partial charge in [0, 0.05) is 12.6 Å². The molecule has 19 heavy (non-hydrogen) atoms. The molecule has 6 heteroatoms. The van der Waals surface area contributed by atoms with Crippen LogP contribution in [0.25, 0.3) is 5.69 Å². The van der Waals surface area contributed by atoms with Crippen LogP contribution >= 0.6 is 0 Å². The monoisotopic (exact) mass is 259 g/mol. The maximum Gasteiger partial charge on any atom is 0.150 e. The summed E-state index contributed by atoms with van der Waals surface area (Å²) < 4.78 is 15.4. The van der Waals surface area contributed by atoms with Gasteiger partial charge in [-0.2, -0.15) is 5.26 Å². The molecule has 1 heterocycles. The summed E-state index contributed by atoms with van der Waals surface area (Å²) in [6.07, 6.45) is 1.59. The molecule has 5 nitrogen and oxygen atoms in total. The summed E-state index contributed by atoms with van der Waals surface area (Å²) in [5.74, 6) is -0.490. The van der Waals surface area contributed by atoms with E-state index in [1.165, 1.54) is 16.8 Å². The fraction of sp³-hybridized carbons (Fsp3) is 0.308. The highest BCUT2D eigenvalue weighted by Crippen LogP contribution is 2.15. The Hall–Kier alpha value is -2.26. The molecule has 1 N–H and O–H groups in total. The normalized spacial score (nSPS) is 10.7. The van der Waals surface area contributed by atoms with Crippen molar-refractivity contribution in [3.63, 3.8) is 0 Å². The van der Waals surface area contributed by atoms with E-state index in [0.717, 1.165) is 5.69 Å². The molecule has 1 aromatic carbocycles. The van der Waals surface area contributed by atoms with Crippen molar-refractivity contribution in [2.24, 2.45) is 0 Å². The van der Waals surface area contributed by atoms with Crippen molar-refractivity contribution in [2.75, 3.05) is 0 Å². The third-order valence-corrected chi connectivity index (χ3v) is 2.62. The van der Waals surface area contributed by atoms with Gasteiger partial charge in [0.2, 0.25) is 0 Å². The second kappa shape index (κ2) is 5.59. The summed E-state index contributed by atoms with van der Waals surface area (Å²) >= 11 is 0. The van der Waals surface area contributed by atoms with E-state index < -0.39 is 5.82 Å². The minimum absolute atomic E-state index is 0.281. The number of nitrogens with one attached hydrogen (secondary N) is 1. The third-order valence-electron chi connectivity index (χ3n) is 2.62. The van der Waals surface area contributed by atoms with Crippen LogP contribution in [0.4, 0.5) is 4.39 Å². The molecule has 0 saturated carbocycles. The van der Waals surface area contributed by atoms with Gasteiger partial charge in [-0.25, -0.2) is 9.07 Å². The van der Waals surface area contributed by atoms with Crippen LogP contribution in [0.1, 0.15) is 25.1 Å². The van der Waals surface area contributed by atoms with Crippen LogP contribution in [0.15, 0.2) is 24.4 Å². The summed E-state index contributed by atoms with van der Waals surface area (Å²) in [7, 11) is 0. The topological polar surface area (TPSA) is 66.5 Å². The predicted molar refractivity (Wildman–Crippen MR) is 68.0 cm³/mol. The highest BCUT2D eigenvalue weighted by molar-refractivity contribution is 5.40. The van der Waals surface area contributed by atoms with Gasteiger partial charge in [0.05, 0.1) is 23.5 Å². The number of hydrogen-bond donors (Lipinski definition) is 1. The van der Waals surface area contributed by atoms with Crippen molar-refractivity contribution in [1.82, 2.24) is 20.3 Å².